The lowest BCUT2D eigenvalue weighted by Crippen LogP contribution is -1.98. The smallest absolute Gasteiger partial charge is 0.139 e. The van der Waals surface area contributed by atoms with Gasteiger partial charge in [0.05, 0.1) is 24.7 Å². The van der Waals surface area contributed by atoms with Gasteiger partial charge in [-0.25, -0.2) is 0 Å². The maximum atomic E-state index is 5.29. The predicted octanol–water partition coefficient (Wildman–Crippen LogP) is 1.91. The second kappa shape index (κ2) is 4.59. The van der Waals surface area contributed by atoms with Crippen molar-refractivity contribution in [3.05, 3.63) is 18.5 Å². The van der Waals surface area contributed by atoms with Gasteiger partial charge in [0, 0.05) is 12.6 Å². The normalized spacial score (nSPS) is 9.50. The fourth-order valence-electron chi connectivity index (χ4n) is 0.965. The molecule has 3 nitrogen and oxygen atoms in total. The zero-order valence-corrected chi connectivity index (χ0v) is 7.50. The number of pyridine rings is 1. The van der Waals surface area contributed by atoms with E-state index >= 15 is 0 Å². The Balaban J connectivity index is 2.67. The van der Waals surface area contributed by atoms with Gasteiger partial charge in [0.15, 0.2) is 0 Å². The average molecular weight is 166 g/mol. The summed E-state index contributed by atoms with van der Waals surface area (Å²) in [4.78, 5) is 4.03. The van der Waals surface area contributed by atoms with E-state index in [9.17, 15) is 0 Å². The number of rotatable bonds is 4. The number of nitrogens with one attached hydrogen (secondary N) is 1. The van der Waals surface area contributed by atoms with Crippen LogP contribution in [0.4, 0.5) is 5.69 Å². The van der Waals surface area contributed by atoms with Gasteiger partial charge >= 0.3 is 0 Å². The highest BCUT2D eigenvalue weighted by Crippen LogP contribution is 2.14. The minimum atomic E-state index is 0.678. The van der Waals surface area contributed by atoms with Crippen LogP contribution in [0.15, 0.2) is 18.5 Å². The van der Waals surface area contributed by atoms with Crippen molar-refractivity contribution >= 4 is 5.69 Å². The van der Waals surface area contributed by atoms with Gasteiger partial charge in [0.1, 0.15) is 5.75 Å². The van der Waals surface area contributed by atoms with Gasteiger partial charge in [0.25, 0.3) is 0 Å². The maximum Gasteiger partial charge on any atom is 0.139 e. The summed E-state index contributed by atoms with van der Waals surface area (Å²) in [5, 5.41) is 3.16. The first-order valence-corrected chi connectivity index (χ1v) is 4.18. The first-order chi connectivity index (χ1) is 5.86. The molecule has 0 amide bonds. The standard InChI is InChI=1S/C9H14N2O/c1-3-11-8-5-9(12-4-2)7-10-6-8/h5-7,11H,3-4H2,1-2H3. The van der Waals surface area contributed by atoms with Crippen LogP contribution in [0.1, 0.15) is 13.8 Å². The van der Waals surface area contributed by atoms with Crippen LogP contribution < -0.4 is 10.1 Å². The Morgan fingerprint density at radius 1 is 1.42 bits per heavy atom. The Morgan fingerprint density at radius 3 is 2.92 bits per heavy atom. The molecule has 1 heterocycles. The van der Waals surface area contributed by atoms with Gasteiger partial charge in [-0.05, 0) is 13.8 Å². The zero-order chi connectivity index (χ0) is 8.81. The van der Waals surface area contributed by atoms with E-state index in [1.165, 1.54) is 0 Å². The Hall–Kier alpha value is -1.25. The van der Waals surface area contributed by atoms with Crippen molar-refractivity contribution in [2.45, 2.75) is 13.8 Å². The lowest BCUT2D eigenvalue weighted by molar-refractivity contribution is 0.339. The summed E-state index contributed by atoms with van der Waals surface area (Å²) in [5.74, 6) is 0.816. The molecule has 0 atom stereocenters. The first kappa shape index (κ1) is 8.84. The molecule has 0 fully saturated rings. The highest BCUT2D eigenvalue weighted by atomic mass is 16.5. The minimum absolute atomic E-state index is 0.678. The summed E-state index contributed by atoms with van der Waals surface area (Å²) >= 11 is 0. The largest absolute Gasteiger partial charge is 0.492 e. The quantitative estimate of drug-likeness (QED) is 0.742. The summed E-state index contributed by atoms with van der Waals surface area (Å²) in [5.41, 5.74) is 1.00. The Labute approximate surface area is 72.8 Å². The maximum absolute atomic E-state index is 5.29. The molecule has 0 aliphatic heterocycles. The molecule has 0 aliphatic rings. The molecule has 0 bridgehead atoms. The van der Waals surface area contributed by atoms with Crippen LogP contribution in [0, 0.1) is 0 Å². The molecule has 12 heavy (non-hydrogen) atoms. The van der Waals surface area contributed by atoms with Gasteiger partial charge in [-0.2, -0.15) is 0 Å². The zero-order valence-electron chi connectivity index (χ0n) is 7.50. The summed E-state index contributed by atoms with van der Waals surface area (Å²) < 4.78 is 5.29. The van der Waals surface area contributed by atoms with Crippen LogP contribution in [-0.2, 0) is 0 Å². The van der Waals surface area contributed by atoms with E-state index in [0.717, 1.165) is 18.0 Å². The molecule has 3 heteroatoms. The van der Waals surface area contributed by atoms with E-state index in [4.69, 9.17) is 4.74 Å². The lowest BCUT2D eigenvalue weighted by Gasteiger charge is -2.05. The fourth-order valence-corrected chi connectivity index (χ4v) is 0.965. The Morgan fingerprint density at radius 2 is 2.25 bits per heavy atom. The Bertz CT molecular complexity index is 216. The number of anilines is 1. The van der Waals surface area contributed by atoms with E-state index in [-0.39, 0.29) is 0 Å². The van der Waals surface area contributed by atoms with Gasteiger partial charge in [0.2, 0.25) is 0 Å². The van der Waals surface area contributed by atoms with Gasteiger partial charge in [-0.3, -0.25) is 4.98 Å². The van der Waals surface area contributed by atoms with Gasteiger partial charge in [-0.15, -0.1) is 0 Å². The monoisotopic (exact) mass is 166 g/mol. The third kappa shape index (κ3) is 2.42. The van der Waals surface area contributed by atoms with Crippen LogP contribution in [0.25, 0.3) is 0 Å². The van der Waals surface area contributed by atoms with Crippen molar-refractivity contribution in [2.24, 2.45) is 0 Å². The third-order valence-corrected chi connectivity index (χ3v) is 1.41. The SMILES string of the molecule is CCNc1cncc(OCC)c1. The van der Waals surface area contributed by atoms with Crippen molar-refractivity contribution in [3.63, 3.8) is 0 Å². The highest BCUT2D eigenvalue weighted by molar-refractivity contribution is 5.44. The van der Waals surface area contributed by atoms with Crippen LogP contribution >= 0.6 is 0 Å². The molecule has 0 radical (unpaired) electrons. The predicted molar refractivity (Wildman–Crippen MR) is 49.6 cm³/mol. The molecule has 0 aromatic carbocycles. The van der Waals surface area contributed by atoms with Crippen molar-refractivity contribution in [1.82, 2.24) is 4.98 Å². The van der Waals surface area contributed by atoms with E-state index < -0.39 is 0 Å². The molecule has 1 rings (SSSR count). The number of nitrogens with zero attached hydrogens (tertiary/aromatic N) is 1. The third-order valence-electron chi connectivity index (χ3n) is 1.41. The molecule has 0 unspecified atom stereocenters. The summed E-state index contributed by atoms with van der Waals surface area (Å²) in [6, 6.07) is 1.94. The molecule has 1 aromatic heterocycles. The van der Waals surface area contributed by atoms with Crippen LogP contribution in [0.2, 0.25) is 0 Å². The minimum Gasteiger partial charge on any atom is -0.492 e. The molecule has 1 aromatic rings. The first-order valence-electron chi connectivity index (χ1n) is 4.18. The molecule has 1 N–H and O–H groups in total. The van der Waals surface area contributed by atoms with Crippen molar-refractivity contribution in [3.8, 4) is 5.75 Å². The average Bonchev–Trinajstić information content (AvgIpc) is 2.06. The van der Waals surface area contributed by atoms with Crippen LogP contribution in [0.3, 0.4) is 0 Å². The van der Waals surface area contributed by atoms with E-state index in [2.05, 4.69) is 10.3 Å². The Kier molecular flexibility index (Phi) is 3.38. The van der Waals surface area contributed by atoms with E-state index in [1.807, 2.05) is 19.9 Å². The summed E-state index contributed by atoms with van der Waals surface area (Å²) in [7, 11) is 0. The molecule has 0 spiro atoms. The fraction of sp³-hybridized carbons (Fsp3) is 0.444. The van der Waals surface area contributed by atoms with Gasteiger partial charge < -0.3 is 10.1 Å². The molecule has 0 aliphatic carbocycles. The molecular formula is C9H14N2O. The number of hydrogen-bond acceptors (Lipinski definition) is 3. The summed E-state index contributed by atoms with van der Waals surface area (Å²) in [6.07, 6.45) is 3.50. The molecular weight excluding hydrogens is 152 g/mol. The van der Waals surface area contributed by atoms with Crippen LogP contribution in [0.5, 0.6) is 5.75 Å². The molecule has 66 valence electrons. The van der Waals surface area contributed by atoms with Gasteiger partial charge in [-0.1, -0.05) is 0 Å². The van der Waals surface area contributed by atoms with Crippen LogP contribution in [-0.4, -0.2) is 18.1 Å². The highest BCUT2D eigenvalue weighted by Gasteiger charge is 1.94. The number of ether oxygens (including phenoxy) is 1. The van der Waals surface area contributed by atoms with Crippen molar-refractivity contribution in [2.75, 3.05) is 18.5 Å². The van der Waals surface area contributed by atoms with Crippen molar-refractivity contribution in [1.29, 1.82) is 0 Å². The van der Waals surface area contributed by atoms with Crippen molar-refractivity contribution < 1.29 is 4.74 Å². The number of hydrogen-bond donors (Lipinski definition) is 1. The molecule has 0 saturated carbocycles. The topological polar surface area (TPSA) is 34.2 Å². The number of aromatic nitrogens is 1. The lowest BCUT2D eigenvalue weighted by atomic mass is 10.4. The second-order valence-corrected chi connectivity index (χ2v) is 2.37. The van der Waals surface area contributed by atoms with E-state index in [1.54, 1.807) is 12.4 Å². The van der Waals surface area contributed by atoms with E-state index in [0.29, 0.717) is 6.61 Å². The summed E-state index contributed by atoms with van der Waals surface area (Å²) in [6.45, 7) is 5.59. The second-order valence-electron chi connectivity index (χ2n) is 2.37. The molecule has 0 saturated heterocycles.